The van der Waals surface area contributed by atoms with Crippen LogP contribution < -0.4 is 0 Å². The molecule has 0 radical (unpaired) electrons. The number of carboxylic acids is 1. The lowest BCUT2D eigenvalue weighted by Crippen LogP contribution is -2.04. The van der Waals surface area contributed by atoms with E-state index in [1.165, 1.54) is 0 Å². The number of carbonyl (C=O) groups is 1. The molecule has 8 heteroatoms. The average Bonchev–Trinajstić information content (AvgIpc) is 3.46. The smallest absolute Gasteiger partial charge is 0.307 e. The molecule has 4 heterocycles. The van der Waals surface area contributed by atoms with Crippen LogP contribution >= 0.6 is 22.9 Å². The summed E-state index contributed by atoms with van der Waals surface area (Å²) in [6.07, 6.45) is 7.46. The van der Waals surface area contributed by atoms with Gasteiger partial charge in [-0.3, -0.25) is 9.78 Å². The number of aliphatic carboxylic acids is 1. The third-order valence-electron chi connectivity index (χ3n) is 6.51. The van der Waals surface area contributed by atoms with Crippen molar-refractivity contribution in [2.45, 2.75) is 13.3 Å². The minimum atomic E-state index is -0.871. The molecule has 182 valence electrons. The van der Waals surface area contributed by atoms with E-state index in [2.05, 4.69) is 17.2 Å². The summed E-state index contributed by atoms with van der Waals surface area (Å²) in [5.41, 5.74) is 8.19. The zero-order chi connectivity index (χ0) is 25.7. The summed E-state index contributed by atoms with van der Waals surface area (Å²) in [5.74, 6) is -0.871. The van der Waals surface area contributed by atoms with Crippen molar-refractivity contribution in [2.75, 3.05) is 0 Å². The maximum absolute atomic E-state index is 11.7. The van der Waals surface area contributed by atoms with Gasteiger partial charge in [0, 0.05) is 64.5 Å². The van der Waals surface area contributed by atoms with Crippen molar-refractivity contribution in [3.63, 3.8) is 0 Å². The van der Waals surface area contributed by atoms with Gasteiger partial charge < -0.3 is 9.67 Å². The van der Waals surface area contributed by atoms with Crippen molar-refractivity contribution in [1.29, 1.82) is 0 Å². The lowest BCUT2D eigenvalue weighted by Gasteiger charge is -2.13. The number of hydrogen-bond donors (Lipinski definition) is 1. The molecule has 37 heavy (non-hydrogen) atoms. The standard InChI is InChI=1S/C29H21ClN4O2S/c1-16-10-24-27(26(21(16)12-25(35)36)17-5-7-20(30)8-6-17)37-29(33-24)19-11-22-23(18-4-3-9-31-13-18)15-34(2)28(22)32-14-19/h3-11,13-15H,12H2,1-2H3,(H,35,36). The predicted molar refractivity (Wildman–Crippen MR) is 149 cm³/mol. The van der Waals surface area contributed by atoms with Crippen LogP contribution in [0.3, 0.4) is 0 Å². The SMILES string of the molecule is Cc1cc2nc(-c3cnc4c(c3)c(-c3cccnc3)cn4C)sc2c(-c2ccc(Cl)cc2)c1CC(=O)O. The Kier molecular flexibility index (Phi) is 5.74. The fourth-order valence-corrected chi connectivity index (χ4v) is 6.03. The Balaban J connectivity index is 1.56. The van der Waals surface area contributed by atoms with Gasteiger partial charge in [-0.1, -0.05) is 29.8 Å². The Morgan fingerprint density at radius 2 is 1.89 bits per heavy atom. The molecular formula is C29H21ClN4O2S. The highest BCUT2D eigenvalue weighted by Crippen LogP contribution is 2.42. The number of nitrogens with zero attached hydrogens (tertiary/aromatic N) is 4. The lowest BCUT2D eigenvalue weighted by atomic mass is 9.93. The average molecular weight is 525 g/mol. The summed E-state index contributed by atoms with van der Waals surface area (Å²) >= 11 is 7.69. The van der Waals surface area contributed by atoms with Gasteiger partial charge in [0.1, 0.15) is 10.7 Å². The molecule has 0 fully saturated rings. The number of rotatable bonds is 5. The number of pyridine rings is 2. The lowest BCUT2D eigenvalue weighted by molar-refractivity contribution is -0.136. The molecule has 0 saturated heterocycles. The van der Waals surface area contributed by atoms with Gasteiger partial charge >= 0.3 is 5.97 Å². The van der Waals surface area contributed by atoms with Crippen LogP contribution in [-0.4, -0.2) is 30.6 Å². The summed E-state index contributed by atoms with van der Waals surface area (Å²) in [4.78, 5) is 25.8. The number of aryl methyl sites for hydroxylation is 2. The van der Waals surface area contributed by atoms with Crippen molar-refractivity contribution in [1.82, 2.24) is 19.5 Å². The van der Waals surface area contributed by atoms with Gasteiger partial charge in [0.25, 0.3) is 0 Å². The zero-order valence-corrected chi connectivity index (χ0v) is 21.6. The second-order valence-electron chi connectivity index (χ2n) is 8.98. The Labute approximate surface area is 221 Å². The zero-order valence-electron chi connectivity index (χ0n) is 20.1. The van der Waals surface area contributed by atoms with Crippen LogP contribution in [0.1, 0.15) is 11.1 Å². The van der Waals surface area contributed by atoms with Crippen LogP contribution in [0, 0.1) is 6.92 Å². The van der Waals surface area contributed by atoms with Gasteiger partial charge in [-0.25, -0.2) is 9.97 Å². The number of thiazole rings is 1. The van der Waals surface area contributed by atoms with Crippen molar-refractivity contribution < 1.29 is 9.90 Å². The van der Waals surface area contributed by atoms with Gasteiger partial charge in [0.05, 0.1) is 16.6 Å². The van der Waals surface area contributed by atoms with Gasteiger partial charge in [-0.2, -0.15) is 0 Å². The van der Waals surface area contributed by atoms with E-state index in [9.17, 15) is 9.90 Å². The van der Waals surface area contributed by atoms with E-state index in [4.69, 9.17) is 21.6 Å². The topological polar surface area (TPSA) is 80.9 Å². The third-order valence-corrected chi connectivity index (χ3v) is 7.90. The highest BCUT2D eigenvalue weighted by Gasteiger charge is 2.20. The fourth-order valence-electron chi connectivity index (χ4n) is 4.79. The van der Waals surface area contributed by atoms with Gasteiger partial charge in [0.2, 0.25) is 0 Å². The highest BCUT2D eigenvalue weighted by atomic mass is 35.5. The first-order chi connectivity index (χ1) is 17.9. The van der Waals surface area contributed by atoms with Crippen molar-refractivity contribution in [2.24, 2.45) is 7.05 Å². The van der Waals surface area contributed by atoms with E-state index < -0.39 is 5.97 Å². The number of halogens is 1. The summed E-state index contributed by atoms with van der Waals surface area (Å²) in [6.45, 7) is 1.94. The number of fused-ring (bicyclic) bond motifs is 2. The van der Waals surface area contributed by atoms with Crippen LogP contribution in [0.5, 0.6) is 0 Å². The monoisotopic (exact) mass is 524 g/mol. The van der Waals surface area contributed by atoms with E-state index in [-0.39, 0.29) is 6.42 Å². The van der Waals surface area contributed by atoms with Crippen LogP contribution in [0.4, 0.5) is 0 Å². The van der Waals surface area contributed by atoms with E-state index in [1.807, 2.05) is 73.4 Å². The van der Waals surface area contributed by atoms with E-state index in [0.717, 1.165) is 65.2 Å². The molecule has 6 aromatic rings. The summed E-state index contributed by atoms with van der Waals surface area (Å²) in [7, 11) is 1.98. The van der Waals surface area contributed by atoms with Crippen LogP contribution in [0.2, 0.25) is 5.02 Å². The molecule has 4 aromatic heterocycles. The molecule has 0 aliphatic heterocycles. The van der Waals surface area contributed by atoms with Crippen molar-refractivity contribution >= 4 is 50.2 Å². The van der Waals surface area contributed by atoms with Crippen molar-refractivity contribution in [3.05, 3.63) is 89.5 Å². The van der Waals surface area contributed by atoms with E-state index in [0.29, 0.717) is 5.02 Å². The number of hydrogen-bond acceptors (Lipinski definition) is 5. The summed E-state index contributed by atoms with van der Waals surface area (Å²) in [5, 5.41) is 12.1. The first kappa shape index (κ1) is 23.3. The van der Waals surface area contributed by atoms with Crippen LogP contribution in [0.15, 0.2) is 73.3 Å². The van der Waals surface area contributed by atoms with Crippen LogP contribution in [0.25, 0.3) is 54.1 Å². The fraction of sp³-hybridized carbons (Fsp3) is 0.103. The van der Waals surface area contributed by atoms with Crippen LogP contribution in [-0.2, 0) is 18.3 Å². The van der Waals surface area contributed by atoms with Gasteiger partial charge in [-0.15, -0.1) is 11.3 Å². The molecule has 0 atom stereocenters. The minimum Gasteiger partial charge on any atom is -0.481 e. The Morgan fingerprint density at radius 1 is 1.08 bits per heavy atom. The molecule has 2 aromatic carbocycles. The largest absolute Gasteiger partial charge is 0.481 e. The maximum Gasteiger partial charge on any atom is 0.307 e. The molecule has 0 bridgehead atoms. The molecule has 0 spiro atoms. The predicted octanol–water partition coefficient (Wildman–Crippen LogP) is 7.17. The molecule has 6 nitrogen and oxygen atoms in total. The van der Waals surface area contributed by atoms with Crippen molar-refractivity contribution in [3.8, 4) is 32.8 Å². The molecule has 1 N–H and O–H groups in total. The Morgan fingerprint density at radius 3 is 2.62 bits per heavy atom. The third kappa shape index (κ3) is 4.16. The molecular weight excluding hydrogens is 504 g/mol. The summed E-state index contributed by atoms with van der Waals surface area (Å²) < 4.78 is 2.96. The second-order valence-corrected chi connectivity index (χ2v) is 10.4. The first-order valence-corrected chi connectivity index (χ1v) is 12.8. The minimum absolute atomic E-state index is 0.0705. The molecule has 0 saturated carbocycles. The number of benzene rings is 2. The molecule has 6 rings (SSSR count). The van der Waals surface area contributed by atoms with E-state index in [1.54, 1.807) is 17.5 Å². The molecule has 0 amide bonds. The second kappa shape index (κ2) is 9.10. The normalized spacial score (nSPS) is 11.4. The Hall–Kier alpha value is -4.07. The first-order valence-electron chi connectivity index (χ1n) is 11.7. The number of carboxylic acid groups (broad SMARTS) is 1. The quantitative estimate of drug-likeness (QED) is 0.258. The van der Waals surface area contributed by atoms with E-state index >= 15 is 0 Å². The van der Waals surface area contributed by atoms with Gasteiger partial charge in [-0.05, 0) is 53.9 Å². The molecule has 0 aliphatic rings. The molecule has 0 unspecified atom stereocenters. The Bertz CT molecular complexity index is 1810. The van der Waals surface area contributed by atoms with Gasteiger partial charge in [0.15, 0.2) is 0 Å². The summed E-state index contributed by atoms with van der Waals surface area (Å²) in [6, 6.07) is 15.6. The molecule has 0 aliphatic carbocycles. The maximum atomic E-state index is 11.7. The number of aromatic nitrogens is 4. The highest BCUT2D eigenvalue weighted by molar-refractivity contribution is 7.22.